The van der Waals surface area contributed by atoms with E-state index in [2.05, 4.69) is 0 Å². The van der Waals surface area contributed by atoms with Crippen molar-refractivity contribution in [1.82, 2.24) is 0 Å². The Labute approximate surface area is 177 Å². The van der Waals surface area contributed by atoms with Gasteiger partial charge >= 0.3 is 52.8 Å². The van der Waals surface area contributed by atoms with Crippen LogP contribution in [-0.2, 0) is 42.4 Å². The van der Waals surface area contributed by atoms with E-state index >= 15 is 0 Å². The van der Waals surface area contributed by atoms with Crippen LogP contribution in [0.4, 0.5) is 0 Å². The molecule has 1 aliphatic rings. The third kappa shape index (κ3) is 7.70. The number of rotatable bonds is 5. The number of hydrogen-bond donors (Lipinski definition) is 3. The molecule has 0 radical (unpaired) electrons. The highest BCUT2D eigenvalue weighted by Crippen LogP contribution is 2.30. The van der Waals surface area contributed by atoms with Gasteiger partial charge in [0.05, 0.1) is 6.23 Å². The van der Waals surface area contributed by atoms with E-state index in [9.17, 15) is 14.7 Å². The fraction of sp³-hybridized carbons (Fsp3) is 1.00. The van der Waals surface area contributed by atoms with E-state index in [1.807, 2.05) is 0 Å². The van der Waals surface area contributed by atoms with Gasteiger partial charge in [-0.2, -0.15) is 0 Å². The zero-order chi connectivity index (χ0) is 22.8. The lowest BCUT2D eigenvalue weighted by Gasteiger charge is -2.44. The summed E-state index contributed by atoms with van der Waals surface area (Å²) in [5.74, 6) is 0. The maximum Gasteiger partial charge on any atom is 0.664 e. The van der Waals surface area contributed by atoms with Gasteiger partial charge in [0.25, 0.3) is 0 Å². The minimum atomic E-state index is -4.12. The van der Waals surface area contributed by atoms with E-state index in [0.29, 0.717) is 0 Å². The van der Waals surface area contributed by atoms with Crippen LogP contribution in [0.15, 0.2) is 0 Å². The van der Waals surface area contributed by atoms with E-state index in [1.54, 1.807) is 6.55 Å². The van der Waals surface area contributed by atoms with Crippen LogP contribution in [0, 0.1) is 0 Å². The van der Waals surface area contributed by atoms with Gasteiger partial charge in [0.1, 0.15) is 0 Å². The molecule has 0 aliphatic carbocycles. The summed E-state index contributed by atoms with van der Waals surface area (Å²) < 4.78 is 56.3. The van der Waals surface area contributed by atoms with Gasteiger partial charge in [-0.15, -0.1) is 0 Å². The van der Waals surface area contributed by atoms with E-state index in [0.717, 1.165) is 0 Å². The summed E-state index contributed by atoms with van der Waals surface area (Å²) in [4.78, 5) is 21.5. The lowest BCUT2D eigenvalue weighted by atomic mass is 11.7. The maximum absolute atomic E-state index is 10.7. The zero-order valence-corrected chi connectivity index (χ0v) is 24.1. The Bertz CT molecular complexity index is 552. The molecule has 0 bridgehead atoms. The minimum Gasteiger partial charge on any atom is -0.395 e. The summed E-state index contributed by atoms with van der Waals surface area (Å²) in [5.41, 5.74) is 0. The predicted octanol–water partition coefficient (Wildman–Crippen LogP) is -1.02. The Morgan fingerprint density at radius 3 is 1.38 bits per heavy atom. The van der Waals surface area contributed by atoms with Crippen molar-refractivity contribution < 1.29 is 57.1 Å². The molecule has 5 atom stereocenters. The Kier molecular flexibility index (Phi) is 9.33. The Balaban J connectivity index is 3.53. The van der Waals surface area contributed by atoms with E-state index in [4.69, 9.17) is 42.4 Å². The first-order chi connectivity index (χ1) is 13.0. The molecule has 1 heterocycles. The fourth-order valence-electron chi connectivity index (χ4n) is 2.54. The highest BCUT2D eigenvalue weighted by atomic mass is 28.6. The summed E-state index contributed by atoms with van der Waals surface area (Å²) in [6.07, 6.45) is -0.496. The third-order valence-electron chi connectivity index (χ3n) is 3.71. The Morgan fingerprint density at radius 2 is 1.00 bits per heavy atom. The molecular formula is C10H32O13Si6. The third-order valence-corrected chi connectivity index (χ3v) is 24.2. The zero-order valence-electron chi connectivity index (χ0n) is 18.1. The Morgan fingerprint density at radius 1 is 0.586 bits per heavy atom. The van der Waals surface area contributed by atoms with Crippen molar-refractivity contribution in [3.63, 3.8) is 0 Å². The monoisotopic (exact) mass is 528 g/mol. The van der Waals surface area contributed by atoms with Crippen LogP contribution in [0.3, 0.4) is 0 Å². The van der Waals surface area contributed by atoms with Crippen molar-refractivity contribution in [2.75, 3.05) is 34.7 Å². The van der Waals surface area contributed by atoms with Gasteiger partial charge in [-0.3, -0.25) is 0 Å². The van der Waals surface area contributed by atoms with Gasteiger partial charge in [-0.05, 0) is 6.55 Å². The predicted molar refractivity (Wildman–Crippen MR) is 110 cm³/mol. The van der Waals surface area contributed by atoms with Crippen molar-refractivity contribution in [2.45, 2.75) is 32.7 Å². The molecule has 19 heteroatoms. The molecule has 1 aliphatic heterocycles. The highest BCUT2D eigenvalue weighted by Gasteiger charge is 2.63. The molecule has 29 heavy (non-hydrogen) atoms. The quantitative estimate of drug-likeness (QED) is 0.374. The molecule has 5 unspecified atom stereocenters. The van der Waals surface area contributed by atoms with Gasteiger partial charge in [-0.25, -0.2) is 0 Å². The second-order valence-corrected chi connectivity index (χ2v) is 23.9. The standard InChI is InChI=1S/C10H32O13Si6/c1-14-27(8)18-24(5,10-11)19-28(9,15-2)23-29(16-3,17-4)22-26(7,13)20-25(6,12)21-27/h11-13H,10H2,1-9H3. The Hall–Kier alpha value is 0.781. The first-order valence-corrected chi connectivity index (χ1v) is 21.6. The molecular weight excluding hydrogens is 497 g/mol. The van der Waals surface area contributed by atoms with Crippen molar-refractivity contribution >= 4 is 52.8 Å². The van der Waals surface area contributed by atoms with Crippen LogP contribution in [0.25, 0.3) is 0 Å². The average molecular weight is 529 g/mol. The molecule has 174 valence electrons. The molecule has 1 saturated heterocycles. The summed E-state index contributed by atoms with van der Waals surface area (Å²) in [5, 5.41) is 10.0. The molecule has 0 amide bonds. The molecule has 3 N–H and O–H groups in total. The van der Waals surface area contributed by atoms with Crippen molar-refractivity contribution in [3.8, 4) is 0 Å². The molecule has 0 aromatic carbocycles. The lowest BCUT2D eigenvalue weighted by Crippen LogP contribution is -2.70. The number of aliphatic hydroxyl groups is 1. The first kappa shape index (κ1) is 27.8. The molecule has 0 saturated carbocycles. The average Bonchev–Trinajstić information content (AvgIpc) is 2.58. The van der Waals surface area contributed by atoms with Crippen LogP contribution in [-0.4, -0.2) is 102 Å². The second kappa shape index (κ2) is 9.73. The molecule has 0 aromatic rings. The SMILES string of the molecule is CO[Si]1(C)O[Si](C)(O)O[Si](C)(O)O[Si](OC)(OC)O[Si](C)(OC)O[Si](C)(CO)O1. The molecule has 1 rings (SSSR count). The maximum atomic E-state index is 10.7. The first-order valence-electron chi connectivity index (χ1n) is 8.52. The highest BCUT2D eigenvalue weighted by molar-refractivity contribution is 6.88. The minimum absolute atomic E-state index is 0.496. The van der Waals surface area contributed by atoms with Crippen molar-refractivity contribution in [2.24, 2.45) is 0 Å². The molecule has 1 fully saturated rings. The van der Waals surface area contributed by atoms with Crippen LogP contribution in [0.2, 0.25) is 32.7 Å². The summed E-state index contributed by atoms with van der Waals surface area (Å²) in [7, 11) is -17.7. The fourth-order valence-corrected chi connectivity index (χ4v) is 24.7. The number of hydrogen-bond acceptors (Lipinski definition) is 13. The molecule has 13 nitrogen and oxygen atoms in total. The van der Waals surface area contributed by atoms with E-state index in [1.165, 1.54) is 54.6 Å². The van der Waals surface area contributed by atoms with Gasteiger partial charge < -0.3 is 57.1 Å². The van der Waals surface area contributed by atoms with Gasteiger partial charge in [0, 0.05) is 54.6 Å². The summed E-state index contributed by atoms with van der Waals surface area (Å²) in [6.45, 7) is 7.11. The summed E-state index contributed by atoms with van der Waals surface area (Å²) >= 11 is 0. The van der Waals surface area contributed by atoms with Gasteiger partial charge in [0.15, 0.2) is 0 Å². The lowest BCUT2D eigenvalue weighted by molar-refractivity contribution is 0.0171. The van der Waals surface area contributed by atoms with Crippen LogP contribution in [0.1, 0.15) is 0 Å². The summed E-state index contributed by atoms with van der Waals surface area (Å²) in [6, 6.07) is 0. The number of aliphatic hydroxyl groups excluding tert-OH is 1. The molecule has 0 aromatic heterocycles. The van der Waals surface area contributed by atoms with Crippen LogP contribution < -0.4 is 0 Å². The largest absolute Gasteiger partial charge is 0.664 e. The van der Waals surface area contributed by atoms with Crippen molar-refractivity contribution in [1.29, 1.82) is 0 Å². The van der Waals surface area contributed by atoms with Crippen LogP contribution >= 0.6 is 0 Å². The van der Waals surface area contributed by atoms with Gasteiger partial charge in [0.2, 0.25) is 0 Å². The van der Waals surface area contributed by atoms with E-state index in [-0.39, 0.29) is 0 Å². The second-order valence-electron chi connectivity index (χ2n) is 6.74. The van der Waals surface area contributed by atoms with Crippen molar-refractivity contribution in [3.05, 3.63) is 0 Å². The van der Waals surface area contributed by atoms with Crippen LogP contribution in [0.5, 0.6) is 0 Å². The molecule has 0 spiro atoms. The normalized spacial score (nSPS) is 44.7. The van der Waals surface area contributed by atoms with E-state index < -0.39 is 59.1 Å². The van der Waals surface area contributed by atoms with Gasteiger partial charge in [-0.1, -0.05) is 0 Å². The smallest absolute Gasteiger partial charge is 0.395 e. The topological polar surface area (TPSA) is 153 Å².